The Kier molecular flexibility index (Phi) is 5.83. The van der Waals surface area contributed by atoms with Crippen LogP contribution in [0.15, 0.2) is 24.3 Å². The lowest BCUT2D eigenvalue weighted by Gasteiger charge is -2.34. The molecule has 3 N–H and O–H groups in total. The van der Waals surface area contributed by atoms with E-state index in [2.05, 4.69) is 11.8 Å². The molecule has 20 heavy (non-hydrogen) atoms. The highest BCUT2D eigenvalue weighted by Gasteiger charge is 2.20. The summed E-state index contributed by atoms with van der Waals surface area (Å²) >= 11 is 0. The minimum absolute atomic E-state index is 0.338. The SMILES string of the molecule is CC1CCCCN1CC(O)COc1ccc(CN)cc1. The van der Waals surface area contributed by atoms with E-state index < -0.39 is 6.10 Å². The molecule has 0 aromatic heterocycles. The van der Waals surface area contributed by atoms with E-state index in [0.717, 1.165) is 17.9 Å². The van der Waals surface area contributed by atoms with E-state index >= 15 is 0 Å². The topological polar surface area (TPSA) is 58.7 Å². The number of aliphatic hydroxyl groups excluding tert-OH is 1. The first-order valence-corrected chi connectivity index (χ1v) is 7.53. The number of ether oxygens (including phenoxy) is 1. The number of piperidine rings is 1. The molecule has 1 aromatic carbocycles. The van der Waals surface area contributed by atoms with E-state index in [0.29, 0.717) is 25.7 Å². The van der Waals surface area contributed by atoms with Crippen LogP contribution in [-0.4, -0.2) is 41.8 Å². The van der Waals surface area contributed by atoms with Gasteiger partial charge < -0.3 is 15.6 Å². The highest BCUT2D eigenvalue weighted by molar-refractivity contribution is 5.27. The van der Waals surface area contributed by atoms with Gasteiger partial charge in [-0.2, -0.15) is 0 Å². The molecular formula is C16H26N2O2. The van der Waals surface area contributed by atoms with E-state index in [-0.39, 0.29) is 0 Å². The normalized spacial score (nSPS) is 21.6. The van der Waals surface area contributed by atoms with E-state index in [9.17, 15) is 5.11 Å². The summed E-state index contributed by atoms with van der Waals surface area (Å²) in [7, 11) is 0. The van der Waals surface area contributed by atoms with Gasteiger partial charge in [-0.1, -0.05) is 18.6 Å². The number of rotatable bonds is 6. The van der Waals surface area contributed by atoms with Crippen LogP contribution < -0.4 is 10.5 Å². The third-order valence-corrected chi connectivity index (χ3v) is 3.99. The first kappa shape index (κ1) is 15.3. The highest BCUT2D eigenvalue weighted by Crippen LogP contribution is 2.17. The largest absolute Gasteiger partial charge is 0.491 e. The number of benzene rings is 1. The van der Waals surface area contributed by atoms with Crippen molar-refractivity contribution >= 4 is 0 Å². The van der Waals surface area contributed by atoms with E-state index in [1.807, 2.05) is 24.3 Å². The summed E-state index contributed by atoms with van der Waals surface area (Å²) in [5.74, 6) is 0.785. The third kappa shape index (κ3) is 4.47. The second-order valence-corrected chi connectivity index (χ2v) is 5.65. The Labute approximate surface area is 121 Å². The van der Waals surface area contributed by atoms with Gasteiger partial charge in [0.15, 0.2) is 0 Å². The summed E-state index contributed by atoms with van der Waals surface area (Å²) in [5.41, 5.74) is 6.64. The van der Waals surface area contributed by atoms with Crippen molar-refractivity contribution in [3.8, 4) is 5.75 Å². The smallest absolute Gasteiger partial charge is 0.119 e. The minimum Gasteiger partial charge on any atom is -0.491 e. The van der Waals surface area contributed by atoms with Gasteiger partial charge in [0, 0.05) is 19.1 Å². The van der Waals surface area contributed by atoms with Crippen molar-refractivity contribution in [2.75, 3.05) is 19.7 Å². The summed E-state index contributed by atoms with van der Waals surface area (Å²) in [6, 6.07) is 8.28. The molecule has 0 saturated carbocycles. The molecule has 4 heteroatoms. The van der Waals surface area contributed by atoms with Gasteiger partial charge in [-0.3, -0.25) is 4.90 Å². The molecular weight excluding hydrogens is 252 g/mol. The molecule has 1 aromatic rings. The summed E-state index contributed by atoms with van der Waals surface area (Å²) in [6.45, 7) is 4.89. The number of β-amino-alcohol motifs (C(OH)–C–C–N with tert-alkyl or cyclic N) is 1. The van der Waals surface area contributed by atoms with Crippen LogP contribution in [0.2, 0.25) is 0 Å². The molecule has 1 aliphatic heterocycles. The average Bonchev–Trinajstić information content (AvgIpc) is 2.48. The molecule has 2 atom stereocenters. The van der Waals surface area contributed by atoms with Crippen LogP contribution in [0, 0.1) is 0 Å². The number of hydrogen-bond donors (Lipinski definition) is 2. The van der Waals surface area contributed by atoms with Crippen molar-refractivity contribution in [1.82, 2.24) is 4.90 Å². The van der Waals surface area contributed by atoms with Gasteiger partial charge in [0.1, 0.15) is 18.5 Å². The van der Waals surface area contributed by atoms with Crippen molar-refractivity contribution < 1.29 is 9.84 Å². The Morgan fingerprint density at radius 3 is 2.75 bits per heavy atom. The lowest BCUT2D eigenvalue weighted by Crippen LogP contribution is -2.43. The molecule has 0 aliphatic carbocycles. The monoisotopic (exact) mass is 278 g/mol. The second kappa shape index (κ2) is 7.62. The predicted molar refractivity (Wildman–Crippen MR) is 80.7 cm³/mol. The van der Waals surface area contributed by atoms with E-state index in [1.165, 1.54) is 19.3 Å². The Morgan fingerprint density at radius 1 is 1.35 bits per heavy atom. The van der Waals surface area contributed by atoms with Gasteiger partial charge in [-0.05, 0) is 44.0 Å². The van der Waals surface area contributed by atoms with Gasteiger partial charge >= 0.3 is 0 Å². The quantitative estimate of drug-likeness (QED) is 0.832. The first-order valence-electron chi connectivity index (χ1n) is 7.53. The van der Waals surface area contributed by atoms with Crippen molar-refractivity contribution in [2.24, 2.45) is 5.73 Å². The van der Waals surface area contributed by atoms with Gasteiger partial charge in [0.2, 0.25) is 0 Å². The number of nitrogens with zero attached hydrogens (tertiary/aromatic N) is 1. The van der Waals surface area contributed by atoms with E-state index in [1.54, 1.807) is 0 Å². The van der Waals surface area contributed by atoms with Crippen LogP contribution in [0.3, 0.4) is 0 Å². The molecule has 112 valence electrons. The highest BCUT2D eigenvalue weighted by atomic mass is 16.5. The summed E-state index contributed by atoms with van der Waals surface area (Å²) in [6.07, 6.45) is 3.33. The Bertz CT molecular complexity index is 394. The molecule has 1 heterocycles. The Balaban J connectivity index is 1.74. The van der Waals surface area contributed by atoms with Crippen molar-refractivity contribution in [1.29, 1.82) is 0 Å². The van der Waals surface area contributed by atoms with Crippen LogP contribution in [0.4, 0.5) is 0 Å². The molecule has 0 spiro atoms. The first-order chi connectivity index (χ1) is 9.69. The lowest BCUT2D eigenvalue weighted by atomic mass is 10.0. The zero-order valence-corrected chi connectivity index (χ0v) is 12.3. The molecule has 4 nitrogen and oxygen atoms in total. The maximum Gasteiger partial charge on any atom is 0.119 e. The van der Waals surface area contributed by atoms with Crippen LogP contribution >= 0.6 is 0 Å². The zero-order chi connectivity index (χ0) is 14.4. The Morgan fingerprint density at radius 2 is 2.10 bits per heavy atom. The molecule has 0 amide bonds. The minimum atomic E-state index is -0.440. The Hall–Kier alpha value is -1.10. The summed E-state index contributed by atoms with van der Waals surface area (Å²) in [5, 5.41) is 10.1. The van der Waals surface area contributed by atoms with Gasteiger partial charge in [0.05, 0.1) is 0 Å². The molecule has 0 bridgehead atoms. The molecule has 1 saturated heterocycles. The fourth-order valence-electron chi connectivity index (χ4n) is 2.67. The van der Waals surface area contributed by atoms with Crippen LogP contribution in [-0.2, 0) is 6.54 Å². The number of aliphatic hydroxyl groups is 1. The number of nitrogens with two attached hydrogens (primary N) is 1. The second-order valence-electron chi connectivity index (χ2n) is 5.65. The summed E-state index contributed by atoms with van der Waals surface area (Å²) in [4.78, 5) is 2.36. The van der Waals surface area contributed by atoms with Crippen LogP contribution in [0.1, 0.15) is 31.7 Å². The standard InChI is InChI=1S/C16H26N2O2/c1-13-4-2-3-9-18(13)11-15(19)12-20-16-7-5-14(10-17)6-8-16/h5-8,13,15,19H,2-4,9-12,17H2,1H3. The molecule has 2 rings (SSSR count). The third-order valence-electron chi connectivity index (χ3n) is 3.99. The van der Waals surface area contributed by atoms with Crippen molar-refractivity contribution in [2.45, 2.75) is 44.9 Å². The fraction of sp³-hybridized carbons (Fsp3) is 0.625. The average molecular weight is 278 g/mol. The molecule has 2 unspecified atom stereocenters. The van der Waals surface area contributed by atoms with Gasteiger partial charge in [-0.15, -0.1) is 0 Å². The molecule has 0 radical (unpaired) electrons. The molecule has 1 aliphatic rings. The molecule has 1 fully saturated rings. The van der Waals surface area contributed by atoms with Gasteiger partial charge in [0.25, 0.3) is 0 Å². The maximum atomic E-state index is 10.1. The predicted octanol–water partition coefficient (Wildman–Crippen LogP) is 1.76. The van der Waals surface area contributed by atoms with Crippen molar-refractivity contribution in [3.05, 3.63) is 29.8 Å². The fourth-order valence-corrected chi connectivity index (χ4v) is 2.67. The number of hydrogen-bond acceptors (Lipinski definition) is 4. The van der Waals surface area contributed by atoms with Crippen molar-refractivity contribution in [3.63, 3.8) is 0 Å². The lowest BCUT2D eigenvalue weighted by molar-refractivity contribution is 0.0438. The van der Waals surface area contributed by atoms with Gasteiger partial charge in [-0.25, -0.2) is 0 Å². The van der Waals surface area contributed by atoms with E-state index in [4.69, 9.17) is 10.5 Å². The summed E-state index contributed by atoms with van der Waals surface area (Å²) < 4.78 is 5.63. The zero-order valence-electron chi connectivity index (χ0n) is 12.3. The van der Waals surface area contributed by atoms with Crippen LogP contribution in [0.5, 0.6) is 5.75 Å². The van der Waals surface area contributed by atoms with Crippen LogP contribution in [0.25, 0.3) is 0 Å². The maximum absolute atomic E-state index is 10.1. The number of likely N-dealkylation sites (tertiary alicyclic amines) is 1.